The molecule has 38 heavy (non-hydrogen) atoms. The van der Waals surface area contributed by atoms with Crippen LogP contribution in [0.15, 0.2) is 24.3 Å². The fraction of sp³-hybridized carbons (Fsp3) is 0.600. The molecular weight excluding hydrogens is 509 g/mol. The number of hydrogen-bond acceptors (Lipinski definition) is 1. The summed E-state index contributed by atoms with van der Waals surface area (Å²) in [5, 5.41) is 0. The summed E-state index contributed by atoms with van der Waals surface area (Å²) in [5.41, 5.74) is -0.503. The van der Waals surface area contributed by atoms with E-state index in [0.29, 0.717) is 55.1 Å². The molecule has 0 amide bonds. The maximum Gasteiger partial charge on any atom is 0.389 e. The predicted molar refractivity (Wildman–Crippen MR) is 131 cm³/mol. The first kappa shape index (κ1) is 28.9. The van der Waals surface area contributed by atoms with Crippen LogP contribution < -0.4 is 0 Å². The minimum absolute atomic E-state index is 0.0444. The standard InChI is InChI=1S/C30H35F7O/c1-2-3-4-5-18-14-24(31)28(25(32)15-18)30(36,37)38-23-12-10-20(11-13-23)19-6-8-21(9-7-19)22-16-26(33)29(35)27(34)17-22/h14-17,19-21,23H,2-13H2,1H3. The lowest BCUT2D eigenvalue weighted by atomic mass is 9.69. The molecule has 0 N–H and O–H groups in total. The van der Waals surface area contributed by atoms with Crippen molar-refractivity contribution in [2.24, 2.45) is 11.8 Å². The number of hydrogen-bond donors (Lipinski definition) is 0. The van der Waals surface area contributed by atoms with Crippen molar-refractivity contribution in [3.63, 3.8) is 0 Å². The van der Waals surface area contributed by atoms with Crippen molar-refractivity contribution in [2.75, 3.05) is 0 Å². The third-order valence-corrected chi connectivity index (χ3v) is 8.41. The van der Waals surface area contributed by atoms with E-state index in [0.717, 1.165) is 69.2 Å². The van der Waals surface area contributed by atoms with Crippen LogP contribution in [0.25, 0.3) is 0 Å². The average Bonchev–Trinajstić information content (AvgIpc) is 2.87. The van der Waals surface area contributed by atoms with Crippen LogP contribution in [0.1, 0.15) is 100 Å². The van der Waals surface area contributed by atoms with E-state index < -0.39 is 46.9 Å². The quantitative estimate of drug-likeness (QED) is 0.173. The molecule has 2 saturated carbocycles. The van der Waals surface area contributed by atoms with Crippen LogP contribution in [0.5, 0.6) is 0 Å². The van der Waals surface area contributed by atoms with Crippen LogP contribution in [-0.2, 0) is 17.3 Å². The van der Waals surface area contributed by atoms with Crippen LogP contribution in [0.2, 0.25) is 0 Å². The molecule has 4 rings (SSSR count). The number of rotatable bonds is 9. The molecular formula is C30H35F7O. The van der Waals surface area contributed by atoms with Crippen molar-refractivity contribution in [3.8, 4) is 0 Å². The van der Waals surface area contributed by atoms with Crippen LogP contribution in [-0.4, -0.2) is 6.10 Å². The van der Waals surface area contributed by atoms with Crippen LogP contribution in [0, 0.1) is 40.9 Å². The molecule has 0 aliphatic heterocycles. The minimum atomic E-state index is -4.06. The zero-order valence-electron chi connectivity index (χ0n) is 21.7. The van der Waals surface area contributed by atoms with Gasteiger partial charge in [0.1, 0.15) is 17.2 Å². The summed E-state index contributed by atoms with van der Waals surface area (Å²) in [4.78, 5) is 0. The highest BCUT2D eigenvalue weighted by molar-refractivity contribution is 5.29. The van der Waals surface area contributed by atoms with E-state index >= 15 is 0 Å². The van der Waals surface area contributed by atoms with E-state index in [2.05, 4.69) is 0 Å². The fourth-order valence-corrected chi connectivity index (χ4v) is 6.31. The van der Waals surface area contributed by atoms with E-state index in [1.807, 2.05) is 6.92 Å². The second-order valence-electron chi connectivity index (χ2n) is 11.0. The Kier molecular flexibility index (Phi) is 9.43. The molecule has 0 saturated heterocycles. The molecule has 2 fully saturated rings. The highest BCUT2D eigenvalue weighted by Crippen LogP contribution is 2.45. The molecule has 210 valence electrons. The summed E-state index contributed by atoms with van der Waals surface area (Å²) in [6.45, 7) is 2.00. The molecule has 0 atom stereocenters. The Labute approximate surface area is 219 Å². The van der Waals surface area contributed by atoms with E-state index in [1.54, 1.807) is 0 Å². The van der Waals surface area contributed by atoms with Gasteiger partial charge in [0.2, 0.25) is 0 Å². The molecule has 2 aromatic carbocycles. The highest BCUT2D eigenvalue weighted by atomic mass is 19.3. The van der Waals surface area contributed by atoms with Crippen molar-refractivity contribution in [3.05, 3.63) is 70.0 Å². The fourth-order valence-electron chi connectivity index (χ4n) is 6.31. The molecule has 2 aliphatic carbocycles. The van der Waals surface area contributed by atoms with Crippen LogP contribution in [0.4, 0.5) is 30.7 Å². The normalized spacial score (nSPS) is 24.5. The molecule has 0 spiro atoms. The zero-order chi connectivity index (χ0) is 27.4. The van der Waals surface area contributed by atoms with Crippen molar-refractivity contribution in [1.82, 2.24) is 0 Å². The third kappa shape index (κ3) is 6.72. The van der Waals surface area contributed by atoms with Gasteiger partial charge < -0.3 is 4.74 Å². The zero-order valence-corrected chi connectivity index (χ0v) is 21.7. The Morgan fingerprint density at radius 3 is 1.76 bits per heavy atom. The Morgan fingerprint density at radius 1 is 0.711 bits per heavy atom. The lowest BCUT2D eigenvalue weighted by molar-refractivity contribution is -0.281. The van der Waals surface area contributed by atoms with Gasteiger partial charge in [0.15, 0.2) is 17.5 Å². The molecule has 8 heteroatoms. The summed E-state index contributed by atoms with van der Waals surface area (Å²) in [6, 6.07) is 4.09. The van der Waals surface area contributed by atoms with Gasteiger partial charge in [-0.05, 0) is 117 Å². The van der Waals surface area contributed by atoms with Gasteiger partial charge in [-0.25, -0.2) is 22.0 Å². The molecule has 2 aliphatic rings. The van der Waals surface area contributed by atoms with Gasteiger partial charge in [-0.3, -0.25) is 0 Å². The Balaban J connectivity index is 1.29. The van der Waals surface area contributed by atoms with E-state index in [1.165, 1.54) is 0 Å². The van der Waals surface area contributed by atoms with Crippen molar-refractivity contribution in [2.45, 2.75) is 102 Å². The van der Waals surface area contributed by atoms with Gasteiger partial charge in [-0.15, -0.1) is 0 Å². The SMILES string of the molecule is CCCCCc1cc(F)c(C(F)(F)OC2CCC(C3CCC(c4cc(F)c(F)c(F)c4)CC3)CC2)c(F)c1. The smallest absolute Gasteiger partial charge is 0.313 e. The number of halogens is 7. The number of alkyl halides is 2. The van der Waals surface area contributed by atoms with Crippen LogP contribution in [0.3, 0.4) is 0 Å². The first-order valence-corrected chi connectivity index (χ1v) is 13.8. The van der Waals surface area contributed by atoms with Gasteiger partial charge in [0, 0.05) is 0 Å². The largest absolute Gasteiger partial charge is 0.389 e. The first-order chi connectivity index (χ1) is 18.1. The summed E-state index contributed by atoms with van der Waals surface area (Å²) in [6.07, 6.45) is 3.29. The van der Waals surface area contributed by atoms with Crippen molar-refractivity contribution < 1.29 is 35.5 Å². The molecule has 1 nitrogen and oxygen atoms in total. The van der Waals surface area contributed by atoms with Crippen LogP contribution >= 0.6 is 0 Å². The summed E-state index contributed by atoms with van der Waals surface area (Å²) in [5.74, 6) is -5.77. The minimum Gasteiger partial charge on any atom is -0.313 e. The maximum atomic E-state index is 14.9. The Bertz CT molecular complexity index is 1040. The van der Waals surface area contributed by atoms with E-state index in [9.17, 15) is 30.7 Å². The Hall–Kier alpha value is -2.09. The number of aryl methyl sites for hydroxylation is 1. The van der Waals surface area contributed by atoms with Crippen molar-refractivity contribution in [1.29, 1.82) is 0 Å². The van der Waals surface area contributed by atoms with E-state index in [4.69, 9.17) is 4.74 Å². The number of ether oxygens (including phenoxy) is 1. The first-order valence-electron chi connectivity index (χ1n) is 13.8. The van der Waals surface area contributed by atoms with Gasteiger partial charge in [0.25, 0.3) is 0 Å². The topological polar surface area (TPSA) is 9.23 Å². The lowest BCUT2D eigenvalue weighted by Gasteiger charge is -2.38. The summed E-state index contributed by atoms with van der Waals surface area (Å²) in [7, 11) is 0. The van der Waals surface area contributed by atoms with Crippen molar-refractivity contribution >= 4 is 0 Å². The number of unbranched alkanes of at least 4 members (excludes halogenated alkanes) is 2. The molecule has 0 aromatic heterocycles. The van der Waals surface area contributed by atoms with Gasteiger partial charge in [-0.2, -0.15) is 8.78 Å². The monoisotopic (exact) mass is 544 g/mol. The number of benzene rings is 2. The highest BCUT2D eigenvalue weighted by Gasteiger charge is 2.43. The molecule has 0 bridgehead atoms. The van der Waals surface area contributed by atoms with E-state index in [-0.39, 0.29) is 5.92 Å². The lowest BCUT2D eigenvalue weighted by Crippen LogP contribution is -2.33. The second kappa shape index (κ2) is 12.4. The average molecular weight is 545 g/mol. The van der Waals surface area contributed by atoms with Gasteiger partial charge in [0.05, 0.1) is 6.10 Å². The van der Waals surface area contributed by atoms with Gasteiger partial charge in [-0.1, -0.05) is 19.8 Å². The third-order valence-electron chi connectivity index (χ3n) is 8.41. The molecule has 0 radical (unpaired) electrons. The Morgan fingerprint density at radius 2 is 1.24 bits per heavy atom. The molecule has 2 aromatic rings. The maximum absolute atomic E-state index is 14.9. The molecule has 0 heterocycles. The molecule has 0 unspecified atom stereocenters. The summed E-state index contributed by atoms with van der Waals surface area (Å²) < 4.78 is 104. The van der Waals surface area contributed by atoms with Gasteiger partial charge >= 0.3 is 6.11 Å². The second-order valence-corrected chi connectivity index (χ2v) is 11.0. The summed E-state index contributed by atoms with van der Waals surface area (Å²) >= 11 is 0. The predicted octanol–water partition coefficient (Wildman–Crippen LogP) is 9.71.